The van der Waals surface area contributed by atoms with E-state index in [1.165, 1.54) is 131 Å². The first-order chi connectivity index (χ1) is 34.7. The van der Waals surface area contributed by atoms with Crippen molar-refractivity contribution in [1.29, 1.82) is 0 Å². The fraction of sp³-hybridized carbons (Fsp3) is 0.0571. The summed E-state index contributed by atoms with van der Waals surface area (Å²) in [5.74, 6) is 0. The Morgan fingerprint density at radius 2 is 0.686 bits per heavy atom. The molecule has 0 heterocycles. The van der Waals surface area contributed by atoms with Crippen LogP contribution in [0.4, 0.5) is 0 Å². The second-order valence-corrected chi connectivity index (χ2v) is 19.8. The second kappa shape index (κ2) is 15.0. The SMILES string of the molecule is C1=CCC2=Cc3ccccc3C(c3ccc(C4(c5cccc6c5ccc5cc7ccccc7cc56)C5=CC=CCC5=Cc5ccccc54)cc3)(c3cccc4c3ccc3cc5ccccc5cc34)C2=C1. The molecule has 0 N–H and O–H groups in total. The largest absolute Gasteiger partial charge is 0.0801 e. The minimum Gasteiger partial charge on any atom is -0.0801 e. The predicted molar refractivity (Wildman–Crippen MR) is 297 cm³/mol. The Balaban J connectivity index is 1.03. The van der Waals surface area contributed by atoms with E-state index < -0.39 is 10.8 Å². The molecule has 4 aliphatic carbocycles. The Kier molecular flexibility index (Phi) is 8.42. The number of benzene rings is 11. The standard InChI is InChI=1S/C70H46/c1-3-17-47-43-61-49(39-45(47)15-1)31-37-59-57(61)23-13-29-67(59)69(63-25-9-5-19-51(63)41-52-20-6-10-26-64(52)69)55-33-35-56(36-34-55)70(65-27-11-7-21-53(65)42-54-22-8-12-28-66(54)70)68-30-14-24-58-60(68)38-32-50-40-46-16-2-4-18-48(46)44-62(50)58/h1-19,21,23-44H,20,22H2. The maximum Gasteiger partial charge on any atom is 0.0716 e. The van der Waals surface area contributed by atoms with Gasteiger partial charge in [0.25, 0.3) is 0 Å². The molecule has 70 heavy (non-hydrogen) atoms. The van der Waals surface area contributed by atoms with Crippen LogP contribution < -0.4 is 0 Å². The van der Waals surface area contributed by atoms with Gasteiger partial charge in [0.15, 0.2) is 0 Å². The second-order valence-electron chi connectivity index (χ2n) is 19.8. The lowest BCUT2D eigenvalue weighted by molar-refractivity contribution is 0.708. The molecule has 326 valence electrons. The molecule has 0 aliphatic heterocycles. The van der Waals surface area contributed by atoms with Gasteiger partial charge in [-0.3, -0.25) is 0 Å². The lowest BCUT2D eigenvalue weighted by Gasteiger charge is -2.46. The molecule has 0 bridgehead atoms. The summed E-state index contributed by atoms with van der Waals surface area (Å²) in [6.45, 7) is 0. The van der Waals surface area contributed by atoms with Gasteiger partial charge >= 0.3 is 0 Å². The first-order valence-corrected chi connectivity index (χ1v) is 24.8. The summed E-state index contributed by atoms with van der Waals surface area (Å²) < 4.78 is 0. The van der Waals surface area contributed by atoms with Crippen LogP contribution in [0.1, 0.15) is 57.3 Å². The van der Waals surface area contributed by atoms with Crippen LogP contribution in [0.2, 0.25) is 0 Å². The number of hydrogen-bond donors (Lipinski definition) is 0. The van der Waals surface area contributed by atoms with Crippen LogP contribution in [0.5, 0.6) is 0 Å². The molecule has 0 saturated heterocycles. The first kappa shape index (κ1) is 39.4. The van der Waals surface area contributed by atoms with Crippen molar-refractivity contribution in [3.8, 4) is 0 Å². The highest BCUT2D eigenvalue weighted by Gasteiger charge is 2.48. The summed E-state index contributed by atoms with van der Waals surface area (Å²) in [4.78, 5) is 0. The van der Waals surface area contributed by atoms with Crippen LogP contribution >= 0.6 is 0 Å². The molecule has 0 saturated carbocycles. The van der Waals surface area contributed by atoms with Crippen LogP contribution in [-0.2, 0) is 10.8 Å². The van der Waals surface area contributed by atoms with Gasteiger partial charge in [-0.2, -0.15) is 0 Å². The summed E-state index contributed by atoms with van der Waals surface area (Å²) in [7, 11) is 0. The van der Waals surface area contributed by atoms with E-state index in [1.807, 2.05) is 0 Å². The highest BCUT2D eigenvalue weighted by atomic mass is 14.5. The minimum atomic E-state index is -0.606. The number of allylic oxidation sites excluding steroid dienone is 10. The minimum absolute atomic E-state index is 0.606. The molecule has 0 aromatic heterocycles. The quantitative estimate of drug-likeness (QED) is 0.122. The van der Waals surface area contributed by atoms with Crippen molar-refractivity contribution in [2.24, 2.45) is 0 Å². The molecule has 0 nitrogen and oxygen atoms in total. The van der Waals surface area contributed by atoms with Crippen LogP contribution in [0.3, 0.4) is 0 Å². The summed E-state index contributed by atoms with van der Waals surface area (Å²) in [5, 5.41) is 15.3. The van der Waals surface area contributed by atoms with E-state index in [2.05, 4.69) is 255 Å². The molecule has 0 spiro atoms. The average molecular weight is 887 g/mol. The molecular weight excluding hydrogens is 841 g/mol. The highest BCUT2D eigenvalue weighted by molar-refractivity contribution is 6.15. The third-order valence-electron chi connectivity index (χ3n) is 16.4. The first-order valence-electron chi connectivity index (χ1n) is 24.8. The van der Waals surface area contributed by atoms with Crippen LogP contribution in [-0.4, -0.2) is 0 Å². The Bertz CT molecular complexity index is 4000. The van der Waals surface area contributed by atoms with Gasteiger partial charge in [-0.15, -0.1) is 0 Å². The number of fused-ring (bicyclic) bond motifs is 12. The Labute approximate surface area is 407 Å². The van der Waals surface area contributed by atoms with E-state index >= 15 is 0 Å². The van der Waals surface area contributed by atoms with Crippen LogP contribution in [0, 0.1) is 0 Å². The zero-order valence-electron chi connectivity index (χ0n) is 38.7. The molecule has 11 aromatic carbocycles. The zero-order chi connectivity index (χ0) is 46.0. The van der Waals surface area contributed by atoms with Crippen molar-refractivity contribution in [1.82, 2.24) is 0 Å². The summed E-state index contributed by atoms with van der Waals surface area (Å²) >= 11 is 0. The molecule has 11 aromatic rings. The third kappa shape index (κ3) is 5.42. The predicted octanol–water partition coefficient (Wildman–Crippen LogP) is 17.8. The summed E-state index contributed by atoms with van der Waals surface area (Å²) in [6.07, 6.45) is 20.7. The van der Waals surface area contributed by atoms with Crippen molar-refractivity contribution >= 4 is 76.8 Å². The molecule has 0 heteroatoms. The smallest absolute Gasteiger partial charge is 0.0716 e. The van der Waals surface area contributed by atoms with Gasteiger partial charge < -0.3 is 0 Å². The van der Waals surface area contributed by atoms with Gasteiger partial charge in [-0.1, -0.05) is 231 Å². The van der Waals surface area contributed by atoms with Gasteiger partial charge in [0.05, 0.1) is 10.8 Å². The molecule has 0 radical (unpaired) electrons. The Morgan fingerprint density at radius 3 is 1.14 bits per heavy atom. The normalized spacial score (nSPS) is 19.1. The van der Waals surface area contributed by atoms with Gasteiger partial charge in [0.2, 0.25) is 0 Å². The van der Waals surface area contributed by atoms with E-state index in [-0.39, 0.29) is 0 Å². The molecule has 0 amide bonds. The topological polar surface area (TPSA) is 0 Å². The van der Waals surface area contributed by atoms with Gasteiger partial charge in [-0.05, 0) is 169 Å². The lowest BCUT2D eigenvalue weighted by Crippen LogP contribution is -2.37. The third-order valence-corrected chi connectivity index (χ3v) is 16.4. The molecule has 0 fully saturated rings. The van der Waals surface area contributed by atoms with Crippen molar-refractivity contribution < 1.29 is 0 Å². The van der Waals surface area contributed by atoms with E-state index in [9.17, 15) is 0 Å². The van der Waals surface area contributed by atoms with E-state index in [1.54, 1.807) is 0 Å². The fourth-order valence-corrected chi connectivity index (χ4v) is 13.5. The van der Waals surface area contributed by atoms with E-state index in [4.69, 9.17) is 0 Å². The summed E-state index contributed by atoms with van der Waals surface area (Å²) in [6, 6.07) is 78.9. The molecule has 2 atom stereocenters. The van der Waals surface area contributed by atoms with Crippen molar-refractivity contribution in [2.75, 3.05) is 0 Å². The van der Waals surface area contributed by atoms with Crippen LogP contribution in [0.25, 0.3) is 76.8 Å². The van der Waals surface area contributed by atoms with Gasteiger partial charge in [-0.25, -0.2) is 0 Å². The average Bonchev–Trinajstić information content (AvgIpc) is 3.42. The lowest BCUT2D eigenvalue weighted by atomic mass is 9.56. The van der Waals surface area contributed by atoms with Gasteiger partial charge in [0.1, 0.15) is 0 Å². The monoisotopic (exact) mass is 886 g/mol. The maximum atomic E-state index is 2.50. The molecule has 2 unspecified atom stereocenters. The van der Waals surface area contributed by atoms with Crippen molar-refractivity contribution in [2.45, 2.75) is 23.7 Å². The number of hydrogen-bond acceptors (Lipinski definition) is 0. The number of rotatable bonds is 4. The Morgan fingerprint density at radius 1 is 0.286 bits per heavy atom. The zero-order valence-corrected chi connectivity index (χ0v) is 38.7. The summed E-state index contributed by atoms with van der Waals surface area (Å²) in [5.41, 5.74) is 14.6. The van der Waals surface area contributed by atoms with Crippen molar-refractivity contribution in [3.05, 3.63) is 310 Å². The van der Waals surface area contributed by atoms with E-state index in [0.29, 0.717) is 0 Å². The molecule has 4 aliphatic rings. The van der Waals surface area contributed by atoms with Crippen LogP contribution in [0.15, 0.2) is 265 Å². The van der Waals surface area contributed by atoms with E-state index in [0.717, 1.165) is 12.8 Å². The highest BCUT2D eigenvalue weighted by Crippen LogP contribution is 2.58. The maximum absolute atomic E-state index is 2.50. The van der Waals surface area contributed by atoms with Crippen molar-refractivity contribution in [3.63, 3.8) is 0 Å². The molecular formula is C70H46. The van der Waals surface area contributed by atoms with Gasteiger partial charge in [0, 0.05) is 0 Å². The molecule has 15 rings (SSSR count). The Hall–Kier alpha value is -8.58. The fourth-order valence-electron chi connectivity index (χ4n) is 13.5.